The van der Waals surface area contributed by atoms with Crippen LogP contribution in [0.4, 0.5) is 5.69 Å². The van der Waals surface area contributed by atoms with Gasteiger partial charge in [0, 0.05) is 17.9 Å². The molecule has 0 spiro atoms. The lowest BCUT2D eigenvalue weighted by Crippen LogP contribution is -2.35. The van der Waals surface area contributed by atoms with Crippen molar-refractivity contribution >= 4 is 29.3 Å². The summed E-state index contributed by atoms with van der Waals surface area (Å²) in [6, 6.07) is 14.1. The van der Waals surface area contributed by atoms with Crippen molar-refractivity contribution in [2.24, 2.45) is 0 Å². The summed E-state index contributed by atoms with van der Waals surface area (Å²) >= 11 is 1.46. The van der Waals surface area contributed by atoms with Crippen molar-refractivity contribution in [2.75, 3.05) is 11.9 Å². The topological polar surface area (TPSA) is 58.2 Å². The zero-order valence-corrected chi connectivity index (χ0v) is 16.0. The van der Waals surface area contributed by atoms with Crippen molar-refractivity contribution in [3.8, 4) is 0 Å². The number of carbonyl (C=O) groups excluding carboxylic acids is 2. The number of fused-ring (bicyclic) bond motifs is 1. The predicted octanol–water partition coefficient (Wildman–Crippen LogP) is 3.86. The van der Waals surface area contributed by atoms with Gasteiger partial charge < -0.3 is 10.6 Å². The van der Waals surface area contributed by atoms with Gasteiger partial charge in [0.1, 0.15) is 0 Å². The highest BCUT2D eigenvalue weighted by Gasteiger charge is 2.28. The Labute approximate surface area is 158 Å². The average molecular weight is 369 g/mol. The lowest BCUT2D eigenvalue weighted by atomic mass is 10.0. The van der Waals surface area contributed by atoms with Crippen molar-refractivity contribution in [1.82, 2.24) is 5.32 Å². The SMILES string of the molecule is Cc1ccc(CCCNC(=O)C[C@@H]2Sc3ccccc3NC2=O)c(C)c1. The molecule has 136 valence electrons. The molecule has 0 bridgehead atoms. The quantitative estimate of drug-likeness (QED) is 0.762. The first-order valence-electron chi connectivity index (χ1n) is 8.92. The minimum atomic E-state index is -0.371. The van der Waals surface area contributed by atoms with Gasteiger partial charge in [0.05, 0.1) is 10.9 Å². The van der Waals surface area contributed by atoms with E-state index in [0.29, 0.717) is 6.54 Å². The van der Waals surface area contributed by atoms with Crippen LogP contribution >= 0.6 is 11.8 Å². The molecule has 0 aromatic heterocycles. The molecule has 1 atom stereocenters. The van der Waals surface area contributed by atoms with Crippen LogP contribution in [0.1, 0.15) is 29.5 Å². The maximum atomic E-state index is 12.2. The molecular formula is C21H24N2O2S. The summed E-state index contributed by atoms with van der Waals surface area (Å²) in [4.78, 5) is 25.4. The number of benzene rings is 2. The van der Waals surface area contributed by atoms with Crippen molar-refractivity contribution < 1.29 is 9.59 Å². The van der Waals surface area contributed by atoms with E-state index in [-0.39, 0.29) is 23.5 Å². The Morgan fingerprint density at radius 2 is 2.00 bits per heavy atom. The number of hydrogen-bond acceptors (Lipinski definition) is 3. The van der Waals surface area contributed by atoms with Crippen LogP contribution in [0.25, 0.3) is 0 Å². The molecule has 2 N–H and O–H groups in total. The van der Waals surface area contributed by atoms with E-state index in [2.05, 4.69) is 42.7 Å². The normalized spacial score (nSPS) is 15.9. The van der Waals surface area contributed by atoms with Gasteiger partial charge in [-0.1, -0.05) is 35.9 Å². The van der Waals surface area contributed by atoms with Crippen LogP contribution in [0.5, 0.6) is 0 Å². The van der Waals surface area contributed by atoms with Gasteiger partial charge >= 0.3 is 0 Å². The standard InChI is InChI=1S/C21H24N2O2S/c1-14-9-10-16(15(2)12-14)6-5-11-22-20(24)13-19-21(25)23-17-7-3-4-8-18(17)26-19/h3-4,7-10,12,19H,5-6,11,13H2,1-2H3,(H,22,24)(H,23,25)/t19-/m0/s1. The van der Waals surface area contributed by atoms with Crippen LogP contribution in [-0.4, -0.2) is 23.6 Å². The third-order valence-electron chi connectivity index (χ3n) is 4.52. The van der Waals surface area contributed by atoms with Gasteiger partial charge in [-0.05, 0) is 49.9 Å². The van der Waals surface area contributed by atoms with E-state index in [1.165, 1.54) is 28.5 Å². The second-order valence-corrected chi connectivity index (χ2v) is 7.92. The smallest absolute Gasteiger partial charge is 0.238 e. The van der Waals surface area contributed by atoms with Crippen LogP contribution in [0, 0.1) is 13.8 Å². The van der Waals surface area contributed by atoms with E-state index < -0.39 is 0 Å². The van der Waals surface area contributed by atoms with Crippen LogP contribution in [0.3, 0.4) is 0 Å². The molecule has 0 saturated heterocycles. The molecule has 2 amide bonds. The molecule has 0 unspecified atom stereocenters. The minimum Gasteiger partial charge on any atom is -0.356 e. The van der Waals surface area contributed by atoms with Gasteiger partial charge in [-0.15, -0.1) is 11.8 Å². The summed E-state index contributed by atoms with van der Waals surface area (Å²) in [7, 11) is 0. The molecule has 0 saturated carbocycles. The molecule has 0 fully saturated rings. The number of amides is 2. The van der Waals surface area contributed by atoms with Gasteiger partial charge in [0.2, 0.25) is 11.8 Å². The fourth-order valence-electron chi connectivity index (χ4n) is 3.10. The van der Waals surface area contributed by atoms with Crippen LogP contribution in [0.15, 0.2) is 47.4 Å². The van der Waals surface area contributed by atoms with Gasteiger partial charge in [0.15, 0.2) is 0 Å². The second kappa shape index (κ2) is 8.41. The van der Waals surface area contributed by atoms with Gasteiger partial charge in [-0.25, -0.2) is 0 Å². The Hall–Kier alpha value is -2.27. The maximum Gasteiger partial charge on any atom is 0.238 e. The summed E-state index contributed by atoms with van der Waals surface area (Å²) in [6.45, 7) is 4.84. The third kappa shape index (κ3) is 4.67. The molecular weight excluding hydrogens is 344 g/mol. The number of anilines is 1. The Morgan fingerprint density at radius 3 is 2.81 bits per heavy atom. The van der Waals surface area contributed by atoms with E-state index in [9.17, 15) is 9.59 Å². The van der Waals surface area contributed by atoms with Crippen molar-refractivity contribution in [1.29, 1.82) is 0 Å². The van der Waals surface area contributed by atoms with E-state index in [1.54, 1.807) is 0 Å². The molecule has 4 nitrogen and oxygen atoms in total. The number of para-hydroxylation sites is 1. The van der Waals surface area contributed by atoms with Gasteiger partial charge in [0.25, 0.3) is 0 Å². The third-order valence-corrected chi connectivity index (χ3v) is 5.80. The molecule has 2 aromatic rings. The maximum absolute atomic E-state index is 12.2. The molecule has 2 aromatic carbocycles. The zero-order chi connectivity index (χ0) is 18.5. The fraction of sp³-hybridized carbons (Fsp3) is 0.333. The lowest BCUT2D eigenvalue weighted by molar-refractivity contribution is -0.124. The van der Waals surface area contributed by atoms with E-state index in [4.69, 9.17) is 0 Å². The van der Waals surface area contributed by atoms with Crippen molar-refractivity contribution in [3.05, 3.63) is 59.2 Å². The van der Waals surface area contributed by atoms with Crippen LogP contribution in [0.2, 0.25) is 0 Å². The summed E-state index contributed by atoms with van der Waals surface area (Å²) < 4.78 is 0. The molecule has 0 aliphatic carbocycles. The van der Waals surface area contributed by atoms with E-state index >= 15 is 0 Å². The van der Waals surface area contributed by atoms with Gasteiger partial charge in [-0.3, -0.25) is 9.59 Å². The molecule has 26 heavy (non-hydrogen) atoms. The Bertz CT molecular complexity index is 819. The molecule has 0 radical (unpaired) electrons. The first-order chi connectivity index (χ1) is 12.5. The summed E-state index contributed by atoms with van der Waals surface area (Å²) in [5.41, 5.74) is 4.71. The van der Waals surface area contributed by atoms with Gasteiger partial charge in [-0.2, -0.15) is 0 Å². The molecule has 3 rings (SSSR count). The Kier molecular flexibility index (Phi) is 5.99. The van der Waals surface area contributed by atoms with Crippen LogP contribution in [-0.2, 0) is 16.0 Å². The summed E-state index contributed by atoms with van der Waals surface area (Å²) in [5, 5.41) is 5.45. The van der Waals surface area contributed by atoms with Crippen molar-refractivity contribution in [2.45, 2.75) is 43.3 Å². The highest BCUT2D eigenvalue weighted by Crippen LogP contribution is 2.36. The molecule has 1 aliphatic heterocycles. The average Bonchev–Trinajstić information content (AvgIpc) is 2.61. The summed E-state index contributed by atoms with van der Waals surface area (Å²) in [6.07, 6.45) is 2.04. The minimum absolute atomic E-state index is 0.0716. The number of aryl methyl sites for hydroxylation is 3. The zero-order valence-electron chi connectivity index (χ0n) is 15.2. The van der Waals surface area contributed by atoms with E-state index in [1.807, 2.05) is 24.3 Å². The largest absolute Gasteiger partial charge is 0.356 e. The summed E-state index contributed by atoms with van der Waals surface area (Å²) in [5.74, 6) is -0.170. The number of rotatable bonds is 6. The fourth-order valence-corrected chi connectivity index (χ4v) is 4.21. The lowest BCUT2D eigenvalue weighted by Gasteiger charge is -2.23. The first kappa shape index (κ1) is 18.5. The number of nitrogens with one attached hydrogen (secondary N) is 2. The predicted molar refractivity (Wildman–Crippen MR) is 107 cm³/mol. The first-order valence-corrected chi connectivity index (χ1v) is 9.80. The highest BCUT2D eigenvalue weighted by molar-refractivity contribution is 8.01. The monoisotopic (exact) mass is 368 g/mol. The van der Waals surface area contributed by atoms with Crippen molar-refractivity contribution in [3.63, 3.8) is 0 Å². The Morgan fingerprint density at radius 1 is 1.19 bits per heavy atom. The number of carbonyl (C=O) groups is 2. The molecule has 5 heteroatoms. The number of hydrogen-bond donors (Lipinski definition) is 2. The second-order valence-electron chi connectivity index (χ2n) is 6.68. The van der Waals surface area contributed by atoms with E-state index in [0.717, 1.165) is 23.4 Å². The number of thioether (sulfide) groups is 1. The Balaban J connectivity index is 1.44. The van der Waals surface area contributed by atoms with Crippen LogP contribution < -0.4 is 10.6 Å². The molecule has 1 aliphatic rings. The molecule has 1 heterocycles. The highest BCUT2D eigenvalue weighted by atomic mass is 32.2.